The van der Waals surface area contributed by atoms with Gasteiger partial charge in [0, 0.05) is 20.1 Å². The summed E-state index contributed by atoms with van der Waals surface area (Å²) in [5.41, 5.74) is -0.0256. The van der Waals surface area contributed by atoms with Gasteiger partial charge in [-0.3, -0.25) is 10.1 Å². The number of ether oxygens (including phenoxy) is 1. The lowest BCUT2D eigenvalue weighted by molar-refractivity contribution is -0.123. The van der Waals surface area contributed by atoms with Crippen LogP contribution >= 0.6 is 0 Å². The molecule has 10 heteroatoms. The van der Waals surface area contributed by atoms with E-state index in [1.165, 1.54) is 32.3 Å². The molecule has 9 nitrogen and oxygen atoms in total. The lowest BCUT2D eigenvalue weighted by atomic mass is 10.2. The summed E-state index contributed by atoms with van der Waals surface area (Å²) in [6.07, 6.45) is 0. The Morgan fingerprint density at radius 2 is 1.84 bits per heavy atom. The molecular formula is C15H21N3O6S. The van der Waals surface area contributed by atoms with Gasteiger partial charge in [-0.1, -0.05) is 6.07 Å². The number of urea groups is 1. The van der Waals surface area contributed by atoms with Gasteiger partial charge in [0.2, 0.25) is 10.0 Å². The smallest absolute Gasteiger partial charge is 0.338 e. The van der Waals surface area contributed by atoms with Crippen molar-refractivity contribution in [2.24, 2.45) is 0 Å². The molecule has 25 heavy (non-hydrogen) atoms. The van der Waals surface area contributed by atoms with Crippen LogP contribution in [0, 0.1) is 0 Å². The molecule has 0 bridgehead atoms. The van der Waals surface area contributed by atoms with E-state index in [9.17, 15) is 22.8 Å². The van der Waals surface area contributed by atoms with Gasteiger partial charge in [0.15, 0.2) is 6.61 Å². The molecule has 0 saturated carbocycles. The van der Waals surface area contributed by atoms with Crippen molar-refractivity contribution in [3.63, 3.8) is 0 Å². The second-order valence-corrected chi connectivity index (χ2v) is 7.72. The molecule has 0 saturated heterocycles. The van der Waals surface area contributed by atoms with E-state index in [0.717, 1.165) is 10.4 Å². The van der Waals surface area contributed by atoms with Crippen LogP contribution < -0.4 is 10.6 Å². The maximum absolute atomic E-state index is 12.0. The minimum atomic E-state index is -3.70. The number of nitrogens with zero attached hydrogens (tertiary/aromatic N) is 1. The molecule has 0 radical (unpaired) electrons. The minimum absolute atomic E-state index is 0.0256. The molecule has 0 atom stereocenters. The van der Waals surface area contributed by atoms with Crippen LogP contribution in [0.4, 0.5) is 4.79 Å². The molecule has 0 heterocycles. The van der Waals surface area contributed by atoms with Crippen molar-refractivity contribution in [1.29, 1.82) is 0 Å². The highest BCUT2D eigenvalue weighted by Gasteiger charge is 2.19. The largest absolute Gasteiger partial charge is 0.452 e. The highest BCUT2D eigenvalue weighted by atomic mass is 32.2. The monoisotopic (exact) mass is 371 g/mol. The zero-order valence-electron chi connectivity index (χ0n) is 14.4. The molecule has 1 rings (SSSR count). The summed E-state index contributed by atoms with van der Waals surface area (Å²) < 4.78 is 29.9. The lowest BCUT2D eigenvalue weighted by Crippen LogP contribution is -2.44. The highest BCUT2D eigenvalue weighted by Crippen LogP contribution is 2.15. The Morgan fingerprint density at radius 3 is 2.40 bits per heavy atom. The van der Waals surface area contributed by atoms with Crippen LogP contribution in [0.2, 0.25) is 0 Å². The maximum atomic E-state index is 12.0. The number of rotatable bonds is 6. The summed E-state index contributed by atoms with van der Waals surface area (Å²) in [5.74, 6) is -1.68. The van der Waals surface area contributed by atoms with E-state index in [-0.39, 0.29) is 16.5 Å². The van der Waals surface area contributed by atoms with E-state index in [1.54, 1.807) is 13.8 Å². The summed E-state index contributed by atoms with van der Waals surface area (Å²) in [4.78, 5) is 34.8. The van der Waals surface area contributed by atoms with Gasteiger partial charge < -0.3 is 10.1 Å². The van der Waals surface area contributed by atoms with E-state index < -0.39 is 34.5 Å². The molecule has 0 aliphatic heterocycles. The zero-order chi connectivity index (χ0) is 19.2. The van der Waals surface area contributed by atoms with Crippen molar-refractivity contribution in [2.75, 3.05) is 20.7 Å². The highest BCUT2D eigenvalue weighted by molar-refractivity contribution is 7.89. The first-order chi connectivity index (χ1) is 11.5. The number of amides is 3. The summed E-state index contributed by atoms with van der Waals surface area (Å²) >= 11 is 0. The quantitative estimate of drug-likeness (QED) is 0.695. The van der Waals surface area contributed by atoms with Crippen molar-refractivity contribution >= 4 is 27.9 Å². The third-order valence-corrected chi connectivity index (χ3v) is 4.67. The van der Waals surface area contributed by atoms with Crippen LogP contribution in [0.15, 0.2) is 29.2 Å². The second-order valence-electron chi connectivity index (χ2n) is 5.57. The third kappa shape index (κ3) is 6.16. The number of esters is 1. The molecular weight excluding hydrogens is 350 g/mol. The number of hydrogen-bond donors (Lipinski definition) is 2. The predicted molar refractivity (Wildman–Crippen MR) is 89.4 cm³/mol. The number of sulfonamides is 1. The summed E-state index contributed by atoms with van der Waals surface area (Å²) in [6, 6.07) is 4.39. The molecule has 1 aromatic carbocycles. The fourth-order valence-corrected chi connectivity index (χ4v) is 2.62. The first-order valence-corrected chi connectivity index (χ1v) is 8.78. The molecule has 0 spiro atoms. The Morgan fingerprint density at radius 1 is 1.20 bits per heavy atom. The van der Waals surface area contributed by atoms with Crippen molar-refractivity contribution < 1.29 is 27.5 Å². The molecule has 2 N–H and O–H groups in total. The Balaban J connectivity index is 2.70. The van der Waals surface area contributed by atoms with Crippen LogP contribution in [-0.4, -0.2) is 57.4 Å². The van der Waals surface area contributed by atoms with Crippen molar-refractivity contribution in [3.8, 4) is 0 Å². The normalized spacial score (nSPS) is 11.3. The zero-order valence-corrected chi connectivity index (χ0v) is 15.2. The van der Waals surface area contributed by atoms with E-state index in [4.69, 9.17) is 4.74 Å². The van der Waals surface area contributed by atoms with E-state index in [0.29, 0.717) is 0 Å². The first-order valence-electron chi connectivity index (χ1n) is 7.34. The summed E-state index contributed by atoms with van der Waals surface area (Å²) in [7, 11) is -0.962. The topological polar surface area (TPSA) is 122 Å². The van der Waals surface area contributed by atoms with E-state index in [2.05, 4.69) is 5.32 Å². The Labute approximate surface area is 146 Å². The van der Waals surface area contributed by atoms with Crippen LogP contribution in [-0.2, 0) is 19.6 Å². The van der Waals surface area contributed by atoms with Crippen LogP contribution in [0.25, 0.3) is 0 Å². The predicted octanol–water partition coefficient (Wildman–Crippen LogP) is 0.328. The van der Waals surface area contributed by atoms with E-state index >= 15 is 0 Å². The van der Waals surface area contributed by atoms with Gasteiger partial charge in [-0.15, -0.1) is 0 Å². The average Bonchev–Trinajstić information content (AvgIpc) is 2.51. The number of hydrogen-bond acceptors (Lipinski definition) is 6. The van der Waals surface area contributed by atoms with Crippen LogP contribution in [0.5, 0.6) is 0 Å². The molecule has 0 aromatic heterocycles. The molecule has 0 fully saturated rings. The van der Waals surface area contributed by atoms with Gasteiger partial charge in [-0.05, 0) is 32.0 Å². The number of carbonyl (C=O) groups excluding carboxylic acids is 3. The SMILES string of the molecule is CC(C)NC(=O)NC(=O)COC(=O)c1cccc(S(=O)(=O)N(C)C)c1. The fraction of sp³-hybridized carbons (Fsp3) is 0.400. The molecule has 3 amide bonds. The van der Waals surface area contributed by atoms with Crippen molar-refractivity contribution in [2.45, 2.75) is 24.8 Å². The summed E-state index contributed by atoms with van der Waals surface area (Å²) in [6.45, 7) is 2.77. The standard InChI is InChI=1S/C15H21N3O6S/c1-10(2)16-15(21)17-13(19)9-24-14(20)11-6-5-7-12(8-11)25(22,23)18(3)4/h5-8,10H,9H2,1-4H3,(H2,16,17,19,21). The number of benzene rings is 1. The molecule has 0 aliphatic carbocycles. The van der Waals surface area contributed by atoms with Crippen LogP contribution in [0.3, 0.4) is 0 Å². The minimum Gasteiger partial charge on any atom is -0.452 e. The van der Waals surface area contributed by atoms with Crippen molar-refractivity contribution in [1.82, 2.24) is 14.9 Å². The average molecular weight is 371 g/mol. The van der Waals surface area contributed by atoms with Gasteiger partial charge in [0.05, 0.1) is 10.5 Å². The molecule has 0 unspecified atom stereocenters. The molecule has 0 aliphatic rings. The molecule has 1 aromatic rings. The van der Waals surface area contributed by atoms with Gasteiger partial charge in [-0.25, -0.2) is 22.3 Å². The van der Waals surface area contributed by atoms with E-state index in [1.807, 2.05) is 5.32 Å². The summed E-state index contributed by atoms with van der Waals surface area (Å²) in [5, 5.41) is 4.44. The maximum Gasteiger partial charge on any atom is 0.338 e. The van der Waals surface area contributed by atoms with Crippen LogP contribution in [0.1, 0.15) is 24.2 Å². The first kappa shape index (κ1) is 20.6. The van der Waals surface area contributed by atoms with Gasteiger partial charge in [-0.2, -0.15) is 0 Å². The second kappa shape index (κ2) is 8.58. The third-order valence-electron chi connectivity index (χ3n) is 2.86. The van der Waals surface area contributed by atoms with Gasteiger partial charge in [0.1, 0.15) is 0 Å². The lowest BCUT2D eigenvalue weighted by Gasteiger charge is -2.12. The Kier molecular flexibility index (Phi) is 7.07. The number of imide groups is 1. The number of carbonyl (C=O) groups is 3. The van der Waals surface area contributed by atoms with Gasteiger partial charge in [0.25, 0.3) is 5.91 Å². The molecule has 138 valence electrons. The Bertz CT molecular complexity index is 758. The fourth-order valence-electron chi connectivity index (χ4n) is 1.67. The van der Waals surface area contributed by atoms with Gasteiger partial charge >= 0.3 is 12.0 Å². The van der Waals surface area contributed by atoms with Crippen molar-refractivity contribution in [3.05, 3.63) is 29.8 Å². The number of nitrogens with one attached hydrogen (secondary N) is 2. The Hall–Kier alpha value is -2.46.